The SMILES string of the molecule is [Cl-].[Cl-].[Zr+2]=[P]c1ccccc1.c1ccc2[cH-]ccc2c1.c1ccc2[cH-]ccc2c1. The molecule has 0 aliphatic carbocycles. The van der Waals surface area contributed by atoms with Crippen LogP contribution in [0.25, 0.3) is 21.5 Å². The Labute approximate surface area is 194 Å². The standard InChI is InChI=1S/2C9H7.C6H5P.2ClH.Zr/c2*1-2-5-9-7-3-6-8(9)4-1;7-6-4-2-1-3-5-6;;;/h2*1-7H;1-5H;2*1H;/q2*-1;;;;+2/p-2. The fourth-order valence-corrected chi connectivity index (χ4v) is 4.06. The Balaban J connectivity index is 0.000000203. The summed E-state index contributed by atoms with van der Waals surface area (Å²) in [6.45, 7) is 0. The number of benzene rings is 3. The van der Waals surface area contributed by atoms with Crippen molar-refractivity contribution < 1.29 is 48.4 Å². The molecule has 0 unspecified atom stereocenters. The van der Waals surface area contributed by atoms with E-state index in [4.69, 9.17) is 0 Å². The van der Waals surface area contributed by atoms with Crippen LogP contribution in [-0.2, 0) is 23.6 Å². The minimum atomic E-state index is 0. The molecule has 0 amide bonds. The monoisotopic (exact) mass is 498 g/mol. The molecule has 0 saturated carbocycles. The number of hydrogen-bond acceptors (Lipinski definition) is 0. The summed E-state index contributed by atoms with van der Waals surface area (Å²) in [5.74, 6) is 0. The maximum absolute atomic E-state index is 2.15. The van der Waals surface area contributed by atoms with E-state index in [9.17, 15) is 0 Å². The molecule has 0 bridgehead atoms. The van der Waals surface area contributed by atoms with Gasteiger partial charge >= 0.3 is 64.6 Å². The van der Waals surface area contributed by atoms with E-state index in [0.717, 1.165) is 0 Å². The van der Waals surface area contributed by atoms with Gasteiger partial charge in [-0.25, -0.2) is 0 Å². The smallest absolute Gasteiger partial charge is 0.0809 e. The number of fused-ring (bicyclic) bond motifs is 2. The number of rotatable bonds is 1. The number of hydrogen-bond donors (Lipinski definition) is 0. The Bertz CT molecular complexity index is 941. The molecule has 0 nitrogen and oxygen atoms in total. The molecule has 5 aromatic carbocycles. The Morgan fingerprint density at radius 3 is 1.36 bits per heavy atom. The zero-order valence-corrected chi connectivity index (χ0v) is 20.0. The Morgan fingerprint density at radius 1 is 0.536 bits per heavy atom. The predicted molar refractivity (Wildman–Crippen MR) is 112 cm³/mol. The molecule has 0 aliphatic rings. The van der Waals surface area contributed by atoms with Crippen LogP contribution in [0.3, 0.4) is 0 Å². The molecule has 5 rings (SSSR count). The van der Waals surface area contributed by atoms with E-state index in [2.05, 4.69) is 109 Å². The molecule has 0 aliphatic heterocycles. The molecular formula is C24H19Cl2PZr-2. The molecule has 0 heterocycles. The van der Waals surface area contributed by atoms with Crippen molar-refractivity contribution in [2.24, 2.45) is 0 Å². The van der Waals surface area contributed by atoms with E-state index in [0.29, 0.717) is 0 Å². The van der Waals surface area contributed by atoms with Crippen molar-refractivity contribution >= 4 is 32.3 Å². The second-order valence-corrected chi connectivity index (χ2v) is 8.15. The van der Waals surface area contributed by atoms with Gasteiger partial charge in [-0.05, 0) is 0 Å². The first-order valence-corrected chi connectivity index (χ1v) is 12.7. The molecule has 0 N–H and O–H groups in total. The first kappa shape index (κ1) is 24.7. The van der Waals surface area contributed by atoms with Crippen molar-refractivity contribution in [1.29, 1.82) is 0 Å². The van der Waals surface area contributed by atoms with Gasteiger partial charge in [0.15, 0.2) is 0 Å². The van der Waals surface area contributed by atoms with Gasteiger partial charge in [0.1, 0.15) is 0 Å². The fraction of sp³-hybridized carbons (Fsp3) is 0. The summed E-state index contributed by atoms with van der Waals surface area (Å²) >= 11 is 1.56. The van der Waals surface area contributed by atoms with Crippen molar-refractivity contribution in [2.45, 2.75) is 0 Å². The topological polar surface area (TPSA) is 0 Å². The van der Waals surface area contributed by atoms with Crippen LogP contribution in [-0.4, -0.2) is 0 Å². The van der Waals surface area contributed by atoms with Crippen molar-refractivity contribution in [1.82, 2.24) is 0 Å². The average Bonchev–Trinajstić information content (AvgIpc) is 3.38. The Morgan fingerprint density at radius 2 is 0.964 bits per heavy atom. The summed E-state index contributed by atoms with van der Waals surface area (Å²) < 4.78 is 0. The van der Waals surface area contributed by atoms with Gasteiger partial charge in [0.05, 0.1) is 0 Å². The molecule has 28 heavy (non-hydrogen) atoms. The predicted octanol–water partition coefficient (Wildman–Crippen LogP) is 0.845. The van der Waals surface area contributed by atoms with Gasteiger partial charge in [-0.2, -0.15) is 35.0 Å². The van der Waals surface area contributed by atoms with Crippen LogP contribution in [0.1, 0.15) is 0 Å². The second kappa shape index (κ2) is 13.8. The largest absolute Gasteiger partial charge is 0.168 e. The van der Waals surface area contributed by atoms with Crippen LogP contribution in [0.5, 0.6) is 0 Å². The molecule has 4 heteroatoms. The van der Waals surface area contributed by atoms with Gasteiger partial charge in [-0.3, -0.25) is 0 Å². The molecule has 0 radical (unpaired) electrons. The van der Waals surface area contributed by atoms with E-state index in [1.165, 1.54) is 32.3 Å². The second-order valence-electron chi connectivity index (χ2n) is 5.76. The van der Waals surface area contributed by atoms with Crippen molar-refractivity contribution in [3.63, 3.8) is 0 Å². The fourth-order valence-electron chi connectivity index (χ4n) is 2.64. The summed E-state index contributed by atoms with van der Waals surface area (Å²) in [5, 5.41) is 8.19. The van der Waals surface area contributed by atoms with Gasteiger partial charge in [-0.15, -0.1) is 59.3 Å². The molecule has 0 saturated heterocycles. The minimum Gasteiger partial charge on any atom is -0.168 e. The van der Waals surface area contributed by atoms with Crippen LogP contribution in [0.2, 0.25) is 0 Å². The van der Waals surface area contributed by atoms with Gasteiger partial charge in [0.2, 0.25) is 0 Å². The molecule has 0 spiro atoms. The third-order valence-corrected chi connectivity index (χ3v) is 6.44. The van der Waals surface area contributed by atoms with Crippen molar-refractivity contribution in [3.05, 3.63) is 115 Å². The summed E-state index contributed by atoms with van der Waals surface area (Å²) in [6, 6.07) is 39.8. The van der Waals surface area contributed by atoms with Crippen LogP contribution in [0.4, 0.5) is 0 Å². The molecule has 5 aromatic rings. The first-order chi connectivity index (χ1) is 12.9. The zero-order chi connectivity index (χ0) is 18.0. The van der Waals surface area contributed by atoms with E-state index < -0.39 is 0 Å². The molecular weight excluding hydrogens is 481 g/mol. The first-order valence-electron chi connectivity index (χ1n) is 8.50. The van der Waals surface area contributed by atoms with E-state index in [1.807, 2.05) is 6.07 Å². The zero-order valence-electron chi connectivity index (χ0n) is 15.2. The van der Waals surface area contributed by atoms with Gasteiger partial charge in [0, 0.05) is 0 Å². The number of halogens is 2. The summed E-state index contributed by atoms with van der Waals surface area (Å²) in [6.07, 6.45) is 0. The van der Waals surface area contributed by atoms with Crippen molar-refractivity contribution in [3.8, 4) is 0 Å². The Kier molecular flexibility index (Phi) is 12.1. The quantitative estimate of drug-likeness (QED) is 0.237. The normalized spacial score (nSPS) is 9.36. The van der Waals surface area contributed by atoms with Crippen LogP contribution in [0.15, 0.2) is 115 Å². The molecule has 0 atom stereocenters. The molecule has 140 valence electrons. The molecule has 0 fully saturated rings. The summed E-state index contributed by atoms with van der Waals surface area (Å²) in [7, 11) is 0. The van der Waals surface area contributed by atoms with Crippen LogP contribution >= 0.6 is 5.40 Å². The Hall–Kier alpha value is -1.36. The van der Waals surface area contributed by atoms with Crippen LogP contribution < -0.4 is 30.1 Å². The van der Waals surface area contributed by atoms with Crippen molar-refractivity contribution in [2.75, 3.05) is 0 Å². The maximum Gasteiger partial charge on any atom is -0.0809 e. The van der Waals surface area contributed by atoms with Gasteiger partial charge in [-0.1, -0.05) is 12.1 Å². The minimum absolute atomic E-state index is 0. The van der Waals surface area contributed by atoms with Crippen LogP contribution in [0, 0.1) is 0 Å². The summed E-state index contributed by atoms with van der Waals surface area (Å²) in [5.41, 5.74) is 0. The maximum atomic E-state index is 2.15. The van der Waals surface area contributed by atoms with Gasteiger partial charge < -0.3 is 24.8 Å². The van der Waals surface area contributed by atoms with E-state index >= 15 is 0 Å². The molecule has 0 aromatic heterocycles. The third-order valence-electron chi connectivity index (χ3n) is 3.98. The van der Waals surface area contributed by atoms with Gasteiger partial charge in [0.25, 0.3) is 0 Å². The average molecular weight is 501 g/mol. The summed E-state index contributed by atoms with van der Waals surface area (Å²) in [4.78, 5) is 0. The van der Waals surface area contributed by atoms with E-state index in [-0.39, 0.29) is 24.8 Å². The third kappa shape index (κ3) is 7.58. The van der Waals surface area contributed by atoms with E-state index in [1.54, 1.807) is 23.6 Å².